The number of alkyl halides is 3. The molecular weight excluding hydrogens is 357 g/mol. The van der Waals surface area contributed by atoms with Crippen LogP contribution in [0, 0.1) is 0 Å². The first-order valence-electron chi connectivity index (χ1n) is 8.89. The van der Waals surface area contributed by atoms with Gasteiger partial charge in [-0.15, -0.1) is 0 Å². The maximum Gasteiger partial charge on any atom is 0.434 e. The number of aromatic nitrogens is 2. The van der Waals surface area contributed by atoms with Crippen LogP contribution in [0.25, 0.3) is 0 Å². The van der Waals surface area contributed by atoms with Crippen LogP contribution in [-0.2, 0) is 6.18 Å². The Morgan fingerprint density at radius 1 is 1.15 bits per heavy atom. The highest BCUT2D eigenvalue weighted by molar-refractivity contribution is 5.95. The second kappa shape index (κ2) is 7.94. The first-order chi connectivity index (χ1) is 12.9. The Labute approximate surface area is 155 Å². The van der Waals surface area contributed by atoms with Crippen molar-refractivity contribution >= 4 is 17.5 Å². The number of para-hydroxylation sites is 1. The van der Waals surface area contributed by atoms with Crippen LogP contribution in [-0.4, -0.2) is 33.9 Å². The van der Waals surface area contributed by atoms with Crippen LogP contribution in [0.4, 0.5) is 24.8 Å². The van der Waals surface area contributed by atoms with E-state index in [0.717, 1.165) is 38.3 Å². The molecule has 1 fully saturated rings. The molecule has 27 heavy (non-hydrogen) atoms. The van der Waals surface area contributed by atoms with E-state index in [1.54, 1.807) is 37.4 Å². The summed E-state index contributed by atoms with van der Waals surface area (Å²) in [4.78, 5) is 21.6. The van der Waals surface area contributed by atoms with Gasteiger partial charge in [-0.3, -0.25) is 4.79 Å². The number of rotatable bonds is 4. The molecule has 5 nitrogen and oxygen atoms in total. The van der Waals surface area contributed by atoms with Crippen LogP contribution in [0.2, 0.25) is 0 Å². The van der Waals surface area contributed by atoms with Crippen molar-refractivity contribution in [2.75, 3.05) is 12.4 Å². The Balaban J connectivity index is 1.88. The Morgan fingerprint density at radius 2 is 1.81 bits per heavy atom. The molecular formula is C19H21F3N4O. The third-order valence-corrected chi connectivity index (χ3v) is 4.76. The quantitative estimate of drug-likeness (QED) is 0.842. The van der Waals surface area contributed by atoms with E-state index in [0.29, 0.717) is 5.69 Å². The molecule has 0 atom stereocenters. The average Bonchev–Trinajstić information content (AvgIpc) is 2.67. The first kappa shape index (κ1) is 19.1. The topological polar surface area (TPSA) is 58.1 Å². The Kier molecular flexibility index (Phi) is 5.62. The summed E-state index contributed by atoms with van der Waals surface area (Å²) in [6, 6.07) is 8.60. The van der Waals surface area contributed by atoms with Gasteiger partial charge in [0.1, 0.15) is 0 Å². The van der Waals surface area contributed by atoms with E-state index in [1.165, 1.54) is 4.90 Å². The molecule has 0 radical (unpaired) electrons. The summed E-state index contributed by atoms with van der Waals surface area (Å²) in [6.07, 6.45) is 0.860. The van der Waals surface area contributed by atoms with Crippen molar-refractivity contribution in [3.8, 4) is 0 Å². The van der Waals surface area contributed by atoms with Gasteiger partial charge in [0.2, 0.25) is 5.95 Å². The summed E-state index contributed by atoms with van der Waals surface area (Å²) in [5, 5.41) is 2.73. The molecule has 0 saturated heterocycles. The number of amides is 1. The number of hydrogen-bond donors (Lipinski definition) is 1. The van der Waals surface area contributed by atoms with Gasteiger partial charge in [-0.2, -0.15) is 13.2 Å². The number of anilines is 2. The molecule has 8 heteroatoms. The number of nitrogens with one attached hydrogen (secondary N) is 1. The number of carbonyl (C=O) groups excluding carboxylic acids is 1. The van der Waals surface area contributed by atoms with Gasteiger partial charge in [0.25, 0.3) is 5.91 Å². The lowest BCUT2D eigenvalue weighted by atomic mass is 9.94. The lowest BCUT2D eigenvalue weighted by Crippen LogP contribution is -2.39. The Hall–Kier alpha value is -2.64. The van der Waals surface area contributed by atoms with Crippen molar-refractivity contribution < 1.29 is 18.0 Å². The summed E-state index contributed by atoms with van der Waals surface area (Å²) in [7, 11) is 1.55. The molecule has 1 aromatic carbocycles. The fourth-order valence-electron chi connectivity index (χ4n) is 3.29. The highest BCUT2D eigenvalue weighted by atomic mass is 19.4. The Morgan fingerprint density at radius 3 is 2.44 bits per heavy atom. The number of carbonyl (C=O) groups is 1. The molecule has 1 heterocycles. The third-order valence-electron chi connectivity index (χ3n) is 4.76. The Bertz CT molecular complexity index is 789. The molecule has 0 spiro atoms. The molecule has 0 unspecified atom stereocenters. The van der Waals surface area contributed by atoms with Crippen LogP contribution in [0.5, 0.6) is 0 Å². The minimum absolute atomic E-state index is 0.0468. The smallest absolute Gasteiger partial charge is 0.339 e. The molecule has 1 aliphatic rings. The fraction of sp³-hybridized carbons (Fsp3) is 0.421. The van der Waals surface area contributed by atoms with Gasteiger partial charge in [0.15, 0.2) is 5.69 Å². The van der Waals surface area contributed by atoms with Gasteiger partial charge in [-0.1, -0.05) is 37.5 Å². The molecule has 144 valence electrons. The molecule has 2 aromatic rings. The molecule has 0 bridgehead atoms. The predicted octanol–water partition coefficient (Wildman–Crippen LogP) is 4.64. The summed E-state index contributed by atoms with van der Waals surface area (Å²) in [5.41, 5.74) is -1.18. The van der Waals surface area contributed by atoms with Crippen molar-refractivity contribution in [2.24, 2.45) is 0 Å². The lowest BCUT2D eigenvalue weighted by Gasteiger charge is -2.31. The van der Waals surface area contributed by atoms with Gasteiger partial charge in [-0.25, -0.2) is 9.97 Å². The maximum atomic E-state index is 13.5. The molecule has 1 aliphatic carbocycles. The molecule has 1 saturated carbocycles. The number of halogens is 3. The van der Waals surface area contributed by atoms with Crippen molar-refractivity contribution in [3.63, 3.8) is 0 Å². The maximum absolute atomic E-state index is 13.5. The van der Waals surface area contributed by atoms with E-state index in [4.69, 9.17) is 0 Å². The first-order valence-corrected chi connectivity index (χ1v) is 8.89. The van der Waals surface area contributed by atoms with Gasteiger partial charge in [0, 0.05) is 25.0 Å². The molecule has 3 rings (SSSR count). The summed E-state index contributed by atoms with van der Waals surface area (Å²) < 4.78 is 40.6. The van der Waals surface area contributed by atoms with Crippen molar-refractivity contribution in [1.82, 2.24) is 14.9 Å². The largest absolute Gasteiger partial charge is 0.434 e. The van der Waals surface area contributed by atoms with Crippen molar-refractivity contribution in [1.29, 1.82) is 0 Å². The zero-order chi connectivity index (χ0) is 19.4. The van der Waals surface area contributed by atoms with Gasteiger partial charge in [-0.05, 0) is 25.0 Å². The van der Waals surface area contributed by atoms with Crippen LogP contribution in [0.3, 0.4) is 0 Å². The summed E-state index contributed by atoms with van der Waals surface area (Å²) >= 11 is 0. The molecule has 1 aromatic heterocycles. The van der Waals surface area contributed by atoms with Crippen molar-refractivity contribution in [2.45, 2.75) is 44.3 Å². The van der Waals surface area contributed by atoms with Crippen LogP contribution < -0.4 is 5.32 Å². The summed E-state index contributed by atoms with van der Waals surface area (Å²) in [5.74, 6) is -0.897. The van der Waals surface area contributed by atoms with Crippen LogP contribution >= 0.6 is 0 Å². The SMILES string of the molecule is CN(C(=O)c1cnc(Nc2ccccc2)nc1C(F)(F)F)C1CCCCC1. The zero-order valence-electron chi connectivity index (χ0n) is 15.0. The van der Waals surface area contributed by atoms with E-state index >= 15 is 0 Å². The summed E-state index contributed by atoms with van der Waals surface area (Å²) in [6.45, 7) is 0. The van der Waals surface area contributed by atoms with Gasteiger partial charge in [0.05, 0.1) is 5.56 Å². The van der Waals surface area contributed by atoms with E-state index in [-0.39, 0.29) is 12.0 Å². The monoisotopic (exact) mass is 378 g/mol. The van der Waals surface area contributed by atoms with Gasteiger partial charge >= 0.3 is 6.18 Å². The molecule has 1 amide bonds. The fourth-order valence-corrected chi connectivity index (χ4v) is 3.29. The second-order valence-corrected chi connectivity index (χ2v) is 6.65. The lowest BCUT2D eigenvalue weighted by molar-refractivity contribution is -0.141. The van der Waals surface area contributed by atoms with E-state index in [1.807, 2.05) is 0 Å². The van der Waals surface area contributed by atoms with Crippen molar-refractivity contribution in [3.05, 3.63) is 47.8 Å². The molecule has 0 aliphatic heterocycles. The normalized spacial score (nSPS) is 15.4. The highest BCUT2D eigenvalue weighted by Gasteiger charge is 2.39. The third kappa shape index (κ3) is 4.56. The standard InChI is InChI=1S/C19H21F3N4O/c1-26(14-10-6-3-7-11-14)17(27)15-12-23-18(25-16(15)19(20,21)22)24-13-8-4-2-5-9-13/h2,4-5,8-9,12,14H,3,6-7,10-11H2,1H3,(H,23,24,25). The average molecular weight is 378 g/mol. The highest BCUT2D eigenvalue weighted by Crippen LogP contribution is 2.32. The zero-order valence-corrected chi connectivity index (χ0v) is 15.0. The van der Waals surface area contributed by atoms with E-state index in [2.05, 4.69) is 15.3 Å². The van der Waals surface area contributed by atoms with Gasteiger partial charge < -0.3 is 10.2 Å². The minimum Gasteiger partial charge on any atom is -0.339 e. The minimum atomic E-state index is -4.76. The van der Waals surface area contributed by atoms with E-state index < -0.39 is 23.3 Å². The second-order valence-electron chi connectivity index (χ2n) is 6.65. The number of benzene rings is 1. The number of nitrogens with zero attached hydrogens (tertiary/aromatic N) is 3. The number of hydrogen-bond acceptors (Lipinski definition) is 4. The predicted molar refractivity (Wildman–Crippen MR) is 95.7 cm³/mol. The van der Waals surface area contributed by atoms with Crippen LogP contribution in [0.1, 0.15) is 48.2 Å². The van der Waals surface area contributed by atoms with Crippen LogP contribution in [0.15, 0.2) is 36.5 Å². The molecule has 1 N–H and O–H groups in total. The van der Waals surface area contributed by atoms with E-state index in [9.17, 15) is 18.0 Å².